The third kappa shape index (κ3) is 2.39. The zero-order valence-electron chi connectivity index (χ0n) is 11.0. The number of benzene rings is 1. The number of alkyl halides is 2. The molecule has 2 unspecified atom stereocenters. The molecule has 0 spiro atoms. The lowest BCUT2D eigenvalue weighted by atomic mass is 9.88. The normalized spacial score (nSPS) is 34.2. The van der Waals surface area contributed by atoms with Gasteiger partial charge in [-0.2, -0.15) is 0 Å². The van der Waals surface area contributed by atoms with Crippen molar-refractivity contribution in [1.82, 2.24) is 4.90 Å². The van der Waals surface area contributed by atoms with Crippen molar-refractivity contribution in [2.45, 2.75) is 37.3 Å². The third-order valence-electron chi connectivity index (χ3n) is 4.55. The highest BCUT2D eigenvalue weighted by molar-refractivity contribution is 5.20. The lowest BCUT2D eigenvalue weighted by Crippen LogP contribution is -2.47. The van der Waals surface area contributed by atoms with Crippen LogP contribution in [0.25, 0.3) is 0 Å². The van der Waals surface area contributed by atoms with Gasteiger partial charge in [0.15, 0.2) is 0 Å². The SMILES string of the molecule is NC1(C2CCCN(Cc3ccccc3)C2)CC1(F)F. The smallest absolute Gasteiger partial charge is 0.268 e. The predicted molar refractivity (Wildman–Crippen MR) is 70.9 cm³/mol. The number of likely N-dealkylation sites (tertiary alicyclic amines) is 1. The Morgan fingerprint density at radius 2 is 1.95 bits per heavy atom. The largest absolute Gasteiger partial charge is 0.320 e. The van der Waals surface area contributed by atoms with Crippen LogP contribution in [0, 0.1) is 5.92 Å². The van der Waals surface area contributed by atoms with Gasteiger partial charge in [-0.1, -0.05) is 30.3 Å². The molecule has 0 aromatic heterocycles. The minimum atomic E-state index is -2.65. The van der Waals surface area contributed by atoms with Gasteiger partial charge in [0.2, 0.25) is 0 Å². The molecule has 0 amide bonds. The van der Waals surface area contributed by atoms with Crippen LogP contribution in [0.15, 0.2) is 30.3 Å². The highest BCUT2D eigenvalue weighted by atomic mass is 19.3. The van der Waals surface area contributed by atoms with Crippen molar-refractivity contribution in [2.75, 3.05) is 13.1 Å². The maximum atomic E-state index is 13.4. The second kappa shape index (κ2) is 4.53. The lowest BCUT2D eigenvalue weighted by Gasteiger charge is -2.36. The molecule has 2 N–H and O–H groups in total. The maximum Gasteiger partial charge on any atom is 0.268 e. The lowest BCUT2D eigenvalue weighted by molar-refractivity contribution is 0.0491. The quantitative estimate of drug-likeness (QED) is 0.911. The molecular weight excluding hydrogens is 246 g/mol. The second-order valence-electron chi connectivity index (χ2n) is 5.98. The minimum Gasteiger partial charge on any atom is -0.320 e. The zero-order chi connectivity index (χ0) is 13.5. The van der Waals surface area contributed by atoms with E-state index in [-0.39, 0.29) is 12.3 Å². The molecule has 2 atom stereocenters. The first-order valence-corrected chi connectivity index (χ1v) is 6.94. The van der Waals surface area contributed by atoms with Crippen molar-refractivity contribution in [2.24, 2.45) is 11.7 Å². The Balaban J connectivity index is 1.63. The van der Waals surface area contributed by atoms with Crippen LogP contribution in [0.4, 0.5) is 8.78 Å². The van der Waals surface area contributed by atoms with Crippen molar-refractivity contribution in [3.05, 3.63) is 35.9 Å². The van der Waals surface area contributed by atoms with Gasteiger partial charge in [-0.25, -0.2) is 8.78 Å². The summed E-state index contributed by atoms with van der Waals surface area (Å²) in [6.07, 6.45) is 1.66. The molecule has 1 aromatic carbocycles. The van der Waals surface area contributed by atoms with Crippen molar-refractivity contribution >= 4 is 0 Å². The minimum absolute atomic E-state index is 0.0695. The van der Waals surface area contributed by atoms with Crippen LogP contribution in [-0.2, 0) is 6.54 Å². The van der Waals surface area contributed by atoms with Crippen LogP contribution in [0.3, 0.4) is 0 Å². The van der Waals surface area contributed by atoms with E-state index in [9.17, 15) is 8.78 Å². The summed E-state index contributed by atoms with van der Waals surface area (Å²) in [6, 6.07) is 10.2. The maximum absolute atomic E-state index is 13.4. The summed E-state index contributed by atoms with van der Waals surface area (Å²) in [5.41, 5.74) is 5.88. The molecule has 0 bridgehead atoms. The van der Waals surface area contributed by atoms with Crippen LogP contribution < -0.4 is 5.73 Å². The number of hydrogen-bond donors (Lipinski definition) is 1. The molecule has 0 radical (unpaired) electrons. The molecule has 2 fully saturated rings. The monoisotopic (exact) mass is 266 g/mol. The summed E-state index contributed by atoms with van der Waals surface area (Å²) in [6.45, 7) is 2.51. The number of rotatable bonds is 3. The Labute approximate surface area is 112 Å². The molecule has 1 aliphatic heterocycles. The van der Waals surface area contributed by atoms with E-state index in [2.05, 4.69) is 17.0 Å². The van der Waals surface area contributed by atoms with Gasteiger partial charge in [0.05, 0.1) is 5.54 Å². The van der Waals surface area contributed by atoms with E-state index in [0.29, 0.717) is 6.54 Å². The van der Waals surface area contributed by atoms with Crippen LogP contribution >= 0.6 is 0 Å². The number of piperidine rings is 1. The van der Waals surface area contributed by atoms with E-state index in [1.807, 2.05) is 18.2 Å². The van der Waals surface area contributed by atoms with Gasteiger partial charge >= 0.3 is 0 Å². The van der Waals surface area contributed by atoms with Crippen LogP contribution in [-0.4, -0.2) is 29.5 Å². The number of hydrogen-bond acceptors (Lipinski definition) is 2. The van der Waals surface area contributed by atoms with Crippen molar-refractivity contribution in [1.29, 1.82) is 0 Å². The van der Waals surface area contributed by atoms with Gasteiger partial charge in [0, 0.05) is 19.5 Å². The highest BCUT2D eigenvalue weighted by Gasteiger charge is 2.72. The number of nitrogens with zero attached hydrogens (tertiary/aromatic N) is 1. The molecule has 1 saturated carbocycles. The van der Waals surface area contributed by atoms with Crippen LogP contribution in [0.2, 0.25) is 0 Å². The summed E-state index contributed by atoms with van der Waals surface area (Å²) in [5, 5.41) is 0. The van der Waals surface area contributed by atoms with Gasteiger partial charge in [-0.3, -0.25) is 4.90 Å². The Morgan fingerprint density at radius 3 is 2.58 bits per heavy atom. The first-order valence-electron chi connectivity index (χ1n) is 6.94. The van der Waals surface area contributed by atoms with E-state index in [1.165, 1.54) is 5.56 Å². The number of nitrogens with two attached hydrogens (primary N) is 1. The molecule has 1 aromatic rings. The summed E-state index contributed by atoms with van der Waals surface area (Å²) in [5.74, 6) is -2.71. The fourth-order valence-electron chi connectivity index (χ4n) is 3.23. The number of halogens is 2. The summed E-state index contributed by atoms with van der Waals surface area (Å²) >= 11 is 0. The van der Waals surface area contributed by atoms with Crippen molar-refractivity contribution in [3.8, 4) is 0 Å². The fraction of sp³-hybridized carbons (Fsp3) is 0.600. The molecule has 19 heavy (non-hydrogen) atoms. The van der Waals surface area contributed by atoms with Gasteiger partial charge in [-0.05, 0) is 30.9 Å². The van der Waals surface area contributed by atoms with Crippen molar-refractivity contribution < 1.29 is 8.78 Å². The van der Waals surface area contributed by atoms with Crippen molar-refractivity contribution in [3.63, 3.8) is 0 Å². The standard InChI is InChI=1S/C15H20F2N2/c16-15(17)11-14(15,18)13-7-4-8-19(10-13)9-12-5-2-1-3-6-12/h1-3,5-6,13H,4,7-11,18H2. The first kappa shape index (κ1) is 13.0. The van der Waals surface area contributed by atoms with Gasteiger partial charge in [0.1, 0.15) is 0 Å². The molecule has 1 aliphatic carbocycles. The van der Waals surface area contributed by atoms with E-state index < -0.39 is 11.5 Å². The molecule has 1 saturated heterocycles. The Bertz CT molecular complexity index is 449. The van der Waals surface area contributed by atoms with Gasteiger partial charge in [0.25, 0.3) is 5.92 Å². The molecule has 2 aliphatic rings. The fourth-order valence-corrected chi connectivity index (χ4v) is 3.23. The van der Waals surface area contributed by atoms with Gasteiger partial charge < -0.3 is 5.73 Å². The Morgan fingerprint density at radius 1 is 1.26 bits per heavy atom. The molecule has 1 heterocycles. The first-order chi connectivity index (χ1) is 9.01. The molecular formula is C15H20F2N2. The van der Waals surface area contributed by atoms with E-state index in [4.69, 9.17) is 5.73 Å². The molecule has 4 heteroatoms. The summed E-state index contributed by atoms with van der Waals surface area (Å²) in [4.78, 5) is 2.26. The topological polar surface area (TPSA) is 29.3 Å². The average molecular weight is 266 g/mol. The second-order valence-corrected chi connectivity index (χ2v) is 5.98. The molecule has 3 rings (SSSR count). The molecule has 104 valence electrons. The van der Waals surface area contributed by atoms with E-state index >= 15 is 0 Å². The van der Waals surface area contributed by atoms with Crippen LogP contribution in [0.1, 0.15) is 24.8 Å². The Kier molecular flexibility index (Phi) is 3.10. The van der Waals surface area contributed by atoms with Gasteiger partial charge in [-0.15, -0.1) is 0 Å². The van der Waals surface area contributed by atoms with E-state index in [1.54, 1.807) is 0 Å². The Hall–Kier alpha value is -1.00. The average Bonchev–Trinajstić information content (AvgIpc) is 2.92. The highest BCUT2D eigenvalue weighted by Crippen LogP contribution is 2.56. The predicted octanol–water partition coefficient (Wildman–Crippen LogP) is 2.64. The summed E-state index contributed by atoms with van der Waals surface area (Å²) in [7, 11) is 0. The third-order valence-corrected chi connectivity index (χ3v) is 4.55. The zero-order valence-corrected chi connectivity index (χ0v) is 11.0. The summed E-state index contributed by atoms with van der Waals surface area (Å²) < 4.78 is 26.8. The van der Waals surface area contributed by atoms with E-state index in [0.717, 1.165) is 25.9 Å². The molecule has 2 nitrogen and oxygen atoms in total. The van der Waals surface area contributed by atoms with Crippen LogP contribution in [0.5, 0.6) is 0 Å².